The van der Waals surface area contributed by atoms with Crippen molar-refractivity contribution in [2.24, 2.45) is 0 Å². The van der Waals surface area contributed by atoms with Crippen LogP contribution in [0.5, 0.6) is 5.75 Å². The minimum absolute atomic E-state index is 0.00320. The van der Waals surface area contributed by atoms with E-state index in [2.05, 4.69) is 0 Å². The van der Waals surface area contributed by atoms with Gasteiger partial charge >= 0.3 is 0 Å². The standard InChI is InChI=1S/C10H10ClFO2/c1-2-14-7-3-4-8(9(12)5-7)10(13)6-11/h3-5H,2,6H2,1H3. The maximum Gasteiger partial charge on any atom is 0.180 e. The summed E-state index contributed by atoms with van der Waals surface area (Å²) >= 11 is 5.31. The zero-order valence-electron chi connectivity index (χ0n) is 7.72. The van der Waals surface area contributed by atoms with Gasteiger partial charge in [0.1, 0.15) is 11.6 Å². The molecule has 4 heteroatoms. The first-order chi connectivity index (χ1) is 6.69. The Bertz CT molecular complexity index is 339. The van der Waals surface area contributed by atoms with Gasteiger partial charge in [-0.3, -0.25) is 4.79 Å². The number of ether oxygens (including phenoxy) is 1. The van der Waals surface area contributed by atoms with Crippen LogP contribution in [0.15, 0.2) is 18.2 Å². The average molecular weight is 217 g/mol. The summed E-state index contributed by atoms with van der Waals surface area (Å²) in [4.78, 5) is 11.1. The van der Waals surface area contributed by atoms with Crippen LogP contribution in [0.3, 0.4) is 0 Å². The maximum absolute atomic E-state index is 13.3. The third-order valence-corrected chi connectivity index (χ3v) is 1.92. The molecule has 1 aromatic rings. The molecule has 0 aromatic heterocycles. The third kappa shape index (κ3) is 2.45. The van der Waals surface area contributed by atoms with Gasteiger partial charge in [0.2, 0.25) is 0 Å². The summed E-state index contributed by atoms with van der Waals surface area (Å²) in [5.74, 6) is -0.824. The second kappa shape index (κ2) is 4.96. The number of hydrogen-bond donors (Lipinski definition) is 0. The van der Waals surface area contributed by atoms with Crippen molar-refractivity contribution >= 4 is 17.4 Å². The van der Waals surface area contributed by atoms with Crippen LogP contribution in [0.25, 0.3) is 0 Å². The highest BCUT2D eigenvalue weighted by atomic mass is 35.5. The Hall–Kier alpha value is -1.09. The van der Waals surface area contributed by atoms with Crippen molar-refractivity contribution in [1.29, 1.82) is 0 Å². The number of hydrogen-bond acceptors (Lipinski definition) is 2. The number of benzene rings is 1. The molecule has 0 fully saturated rings. The average Bonchev–Trinajstić information content (AvgIpc) is 2.17. The van der Waals surface area contributed by atoms with Crippen molar-refractivity contribution < 1.29 is 13.9 Å². The van der Waals surface area contributed by atoms with Crippen molar-refractivity contribution in [2.45, 2.75) is 6.92 Å². The second-order valence-electron chi connectivity index (χ2n) is 2.63. The molecule has 0 spiro atoms. The molecule has 0 saturated heterocycles. The van der Waals surface area contributed by atoms with Crippen LogP contribution in [0, 0.1) is 5.82 Å². The molecule has 1 aromatic carbocycles. The van der Waals surface area contributed by atoms with Crippen molar-refractivity contribution in [3.8, 4) is 5.75 Å². The van der Waals surface area contributed by atoms with Gasteiger partial charge in [0.05, 0.1) is 18.1 Å². The number of rotatable bonds is 4. The Morgan fingerprint density at radius 2 is 2.29 bits per heavy atom. The fourth-order valence-corrected chi connectivity index (χ4v) is 1.19. The predicted molar refractivity (Wildman–Crippen MR) is 52.6 cm³/mol. The van der Waals surface area contributed by atoms with E-state index >= 15 is 0 Å². The lowest BCUT2D eigenvalue weighted by atomic mass is 10.1. The van der Waals surface area contributed by atoms with E-state index < -0.39 is 11.6 Å². The molecule has 0 N–H and O–H groups in total. The van der Waals surface area contributed by atoms with Gasteiger partial charge in [-0.15, -0.1) is 11.6 Å². The van der Waals surface area contributed by atoms with E-state index in [9.17, 15) is 9.18 Å². The summed E-state index contributed by atoms with van der Waals surface area (Å²) < 4.78 is 18.3. The number of Topliss-reactive ketones (excluding diaryl/α,β-unsaturated/α-hetero) is 1. The van der Waals surface area contributed by atoms with Crippen LogP contribution < -0.4 is 4.74 Å². The first-order valence-electron chi connectivity index (χ1n) is 4.20. The van der Waals surface area contributed by atoms with Crippen LogP contribution in [-0.4, -0.2) is 18.3 Å². The summed E-state index contributed by atoms with van der Waals surface area (Å²) in [5, 5.41) is 0. The van der Waals surface area contributed by atoms with Crippen LogP contribution in [-0.2, 0) is 0 Å². The Morgan fingerprint density at radius 1 is 1.57 bits per heavy atom. The molecule has 14 heavy (non-hydrogen) atoms. The molecule has 0 aliphatic rings. The molecule has 0 radical (unpaired) electrons. The number of halogens is 2. The first kappa shape index (κ1) is 11.0. The van der Waals surface area contributed by atoms with Crippen LogP contribution >= 0.6 is 11.6 Å². The minimum atomic E-state index is -0.596. The summed E-state index contributed by atoms with van der Waals surface area (Å²) in [6.45, 7) is 2.26. The Labute approximate surface area is 86.6 Å². The van der Waals surface area contributed by atoms with Gasteiger partial charge in [-0.05, 0) is 19.1 Å². The molecule has 0 aliphatic heterocycles. The van der Waals surface area contributed by atoms with Gasteiger partial charge in [0.15, 0.2) is 5.78 Å². The predicted octanol–water partition coefficient (Wildman–Crippen LogP) is 2.65. The maximum atomic E-state index is 13.3. The summed E-state index contributed by atoms with van der Waals surface area (Å²) in [5.41, 5.74) is 0.00320. The Kier molecular flexibility index (Phi) is 3.89. The quantitative estimate of drug-likeness (QED) is 0.571. The fourth-order valence-electron chi connectivity index (χ4n) is 1.05. The van der Waals surface area contributed by atoms with Crippen LogP contribution in [0.4, 0.5) is 4.39 Å². The normalized spacial score (nSPS) is 9.93. The van der Waals surface area contributed by atoms with Gasteiger partial charge in [-0.25, -0.2) is 4.39 Å². The lowest BCUT2D eigenvalue weighted by molar-refractivity contribution is 0.101. The monoisotopic (exact) mass is 216 g/mol. The zero-order valence-corrected chi connectivity index (χ0v) is 8.47. The van der Waals surface area contributed by atoms with E-state index in [-0.39, 0.29) is 11.4 Å². The van der Waals surface area contributed by atoms with Gasteiger partial charge < -0.3 is 4.74 Å². The highest BCUT2D eigenvalue weighted by Crippen LogP contribution is 2.17. The topological polar surface area (TPSA) is 26.3 Å². The summed E-state index contributed by atoms with van der Waals surface area (Å²) in [6, 6.07) is 4.11. The minimum Gasteiger partial charge on any atom is -0.494 e. The molecule has 0 amide bonds. The molecule has 0 unspecified atom stereocenters. The molecule has 0 atom stereocenters. The molecule has 0 saturated carbocycles. The largest absolute Gasteiger partial charge is 0.494 e. The van der Waals surface area contributed by atoms with E-state index in [0.29, 0.717) is 12.4 Å². The van der Waals surface area contributed by atoms with Gasteiger partial charge in [-0.1, -0.05) is 0 Å². The molecule has 76 valence electrons. The van der Waals surface area contributed by atoms with Crippen LogP contribution in [0.1, 0.15) is 17.3 Å². The number of alkyl halides is 1. The fraction of sp³-hybridized carbons (Fsp3) is 0.300. The van der Waals surface area contributed by atoms with Gasteiger partial charge in [-0.2, -0.15) is 0 Å². The molecular weight excluding hydrogens is 207 g/mol. The van der Waals surface area contributed by atoms with E-state index in [1.807, 2.05) is 0 Å². The highest BCUT2D eigenvalue weighted by molar-refractivity contribution is 6.30. The second-order valence-corrected chi connectivity index (χ2v) is 2.90. The number of carbonyl (C=O) groups is 1. The molecule has 2 nitrogen and oxygen atoms in total. The Balaban J connectivity index is 2.95. The van der Waals surface area contributed by atoms with Crippen molar-refractivity contribution in [3.05, 3.63) is 29.6 Å². The van der Waals surface area contributed by atoms with E-state index in [0.717, 1.165) is 0 Å². The molecule has 0 heterocycles. The smallest absolute Gasteiger partial charge is 0.180 e. The van der Waals surface area contributed by atoms with Crippen molar-refractivity contribution in [1.82, 2.24) is 0 Å². The van der Waals surface area contributed by atoms with Crippen molar-refractivity contribution in [3.63, 3.8) is 0 Å². The molecule has 0 bridgehead atoms. The van der Waals surface area contributed by atoms with Gasteiger partial charge in [0, 0.05) is 6.07 Å². The van der Waals surface area contributed by atoms with Crippen LogP contribution in [0.2, 0.25) is 0 Å². The van der Waals surface area contributed by atoms with Crippen molar-refractivity contribution in [2.75, 3.05) is 12.5 Å². The lowest BCUT2D eigenvalue weighted by Crippen LogP contribution is -2.04. The molecule has 1 rings (SSSR count). The number of ketones is 1. The van der Waals surface area contributed by atoms with E-state index in [4.69, 9.17) is 16.3 Å². The summed E-state index contributed by atoms with van der Waals surface area (Å²) in [6.07, 6.45) is 0. The van der Waals surface area contributed by atoms with E-state index in [1.54, 1.807) is 13.0 Å². The molecule has 0 aliphatic carbocycles. The summed E-state index contributed by atoms with van der Waals surface area (Å²) in [7, 11) is 0. The first-order valence-corrected chi connectivity index (χ1v) is 4.74. The third-order valence-electron chi connectivity index (χ3n) is 1.67. The lowest BCUT2D eigenvalue weighted by Gasteiger charge is -2.04. The molecular formula is C10H10ClFO2. The van der Waals surface area contributed by atoms with Gasteiger partial charge in [0.25, 0.3) is 0 Å². The zero-order chi connectivity index (χ0) is 10.6. The van der Waals surface area contributed by atoms with E-state index in [1.165, 1.54) is 12.1 Å². The number of carbonyl (C=O) groups excluding carboxylic acids is 1. The SMILES string of the molecule is CCOc1ccc(C(=O)CCl)c(F)c1. The highest BCUT2D eigenvalue weighted by Gasteiger charge is 2.10. The Morgan fingerprint density at radius 3 is 2.79 bits per heavy atom.